The Bertz CT molecular complexity index is 1350. The third-order valence-corrected chi connectivity index (χ3v) is 11.6. The van der Waals surface area contributed by atoms with Crippen LogP contribution in [0.2, 0.25) is 0 Å². The Morgan fingerprint density at radius 2 is 1.68 bits per heavy atom. The third kappa shape index (κ3) is 3.52. The predicted molar refractivity (Wildman–Crippen MR) is 142 cm³/mol. The number of aromatic nitrogens is 1. The summed E-state index contributed by atoms with van der Waals surface area (Å²) in [6, 6.07) is 7.48. The standard InChI is InChI=1S/C28H32N2O5S2/c1-11(2)20(26(33)34)30-24(31)18-14-10-15(19(18)25(30)32)21-17(14)16(22-23(36-21)29-27(35)37-22)12-6-8-13(9-7-12)28(3,4)5/h6-9,11,14-21H,10H2,1-5H3,(H,29,35)(H,33,34)/t14-,15+,16+,17+,18+,19+,20+,21-/m1/s1. The second kappa shape index (κ2) is 8.30. The van der Waals surface area contributed by atoms with E-state index in [0.29, 0.717) is 0 Å². The fourth-order valence-corrected chi connectivity index (χ4v) is 10.5. The van der Waals surface area contributed by atoms with Crippen molar-refractivity contribution < 1.29 is 19.5 Å². The van der Waals surface area contributed by atoms with Crippen LogP contribution in [0.4, 0.5) is 0 Å². The van der Waals surface area contributed by atoms with Crippen LogP contribution in [0, 0.1) is 35.5 Å². The van der Waals surface area contributed by atoms with Gasteiger partial charge in [-0.15, -0.1) is 11.8 Å². The summed E-state index contributed by atoms with van der Waals surface area (Å²) < 4.78 is 0. The van der Waals surface area contributed by atoms with E-state index in [-0.39, 0.29) is 56.9 Å². The Morgan fingerprint density at radius 3 is 2.24 bits per heavy atom. The van der Waals surface area contributed by atoms with Crippen LogP contribution in [-0.2, 0) is 19.8 Å². The number of fused-ring (bicyclic) bond motifs is 9. The molecule has 196 valence electrons. The molecule has 37 heavy (non-hydrogen) atoms. The number of likely N-dealkylation sites (tertiary alicyclic amines) is 1. The van der Waals surface area contributed by atoms with Crippen LogP contribution in [0.3, 0.4) is 0 Å². The number of carbonyl (C=O) groups excluding carboxylic acids is 2. The Hall–Kier alpha value is -2.39. The van der Waals surface area contributed by atoms with Gasteiger partial charge in [-0.3, -0.25) is 19.3 Å². The van der Waals surface area contributed by atoms with E-state index < -0.39 is 23.8 Å². The van der Waals surface area contributed by atoms with Crippen molar-refractivity contribution in [3.8, 4) is 0 Å². The molecule has 2 amide bonds. The molecule has 2 aliphatic carbocycles. The molecule has 4 aliphatic rings. The summed E-state index contributed by atoms with van der Waals surface area (Å²) in [5.74, 6) is -3.05. The number of aromatic amines is 1. The van der Waals surface area contributed by atoms with E-state index in [1.54, 1.807) is 25.6 Å². The van der Waals surface area contributed by atoms with Crippen molar-refractivity contribution in [2.75, 3.05) is 0 Å². The zero-order valence-electron chi connectivity index (χ0n) is 21.6. The highest BCUT2D eigenvalue weighted by molar-refractivity contribution is 8.00. The van der Waals surface area contributed by atoms with Crippen LogP contribution in [0.15, 0.2) is 34.1 Å². The number of aliphatic carboxylic acids is 1. The first-order valence-corrected chi connectivity index (χ1v) is 14.7. The Kier molecular flexibility index (Phi) is 5.59. The topological polar surface area (TPSA) is 108 Å². The maximum absolute atomic E-state index is 13.7. The van der Waals surface area contributed by atoms with E-state index in [1.807, 2.05) is 0 Å². The monoisotopic (exact) mass is 540 g/mol. The van der Waals surface area contributed by atoms with Gasteiger partial charge >= 0.3 is 10.8 Å². The van der Waals surface area contributed by atoms with Crippen molar-refractivity contribution in [2.24, 2.45) is 35.5 Å². The fraction of sp³-hybridized carbons (Fsp3) is 0.571. The van der Waals surface area contributed by atoms with Gasteiger partial charge in [0.1, 0.15) is 6.04 Å². The van der Waals surface area contributed by atoms with Crippen LogP contribution in [-0.4, -0.2) is 44.1 Å². The molecule has 7 nitrogen and oxygen atoms in total. The average Bonchev–Trinajstić information content (AvgIpc) is 3.53. The first-order chi connectivity index (χ1) is 17.4. The molecule has 2 aliphatic heterocycles. The maximum atomic E-state index is 13.7. The number of nitrogens with zero attached hydrogens (tertiary/aromatic N) is 1. The lowest BCUT2D eigenvalue weighted by molar-refractivity contribution is -0.157. The molecule has 0 unspecified atom stereocenters. The van der Waals surface area contributed by atoms with E-state index in [4.69, 9.17) is 0 Å². The first-order valence-electron chi connectivity index (χ1n) is 13.0. The number of carbonyl (C=O) groups is 3. The molecule has 3 fully saturated rings. The Balaban J connectivity index is 1.42. The quantitative estimate of drug-likeness (QED) is 0.560. The van der Waals surface area contributed by atoms with Gasteiger partial charge in [0.05, 0.1) is 16.9 Å². The maximum Gasteiger partial charge on any atom is 0.327 e. The van der Waals surface area contributed by atoms with E-state index in [0.717, 1.165) is 26.8 Å². The van der Waals surface area contributed by atoms with Crippen LogP contribution in [0.25, 0.3) is 0 Å². The number of amides is 2. The molecule has 2 aromatic rings. The van der Waals surface area contributed by atoms with E-state index in [9.17, 15) is 24.3 Å². The number of benzene rings is 1. The molecule has 0 radical (unpaired) electrons. The first kappa shape index (κ1) is 24.9. The number of hydrogen-bond donors (Lipinski definition) is 2. The van der Waals surface area contributed by atoms with Gasteiger partial charge in [-0.05, 0) is 46.6 Å². The van der Waals surface area contributed by atoms with Gasteiger partial charge in [-0.25, -0.2) is 4.79 Å². The van der Waals surface area contributed by atoms with Crippen LogP contribution in [0.1, 0.15) is 63.0 Å². The lowest BCUT2D eigenvalue weighted by atomic mass is 9.68. The predicted octanol–water partition coefficient (Wildman–Crippen LogP) is 4.32. The van der Waals surface area contributed by atoms with Gasteiger partial charge in [-0.1, -0.05) is 70.2 Å². The molecule has 1 aromatic carbocycles. The minimum atomic E-state index is -1.14. The van der Waals surface area contributed by atoms with Gasteiger partial charge < -0.3 is 10.1 Å². The molecule has 2 bridgehead atoms. The van der Waals surface area contributed by atoms with Crippen LogP contribution >= 0.6 is 23.1 Å². The van der Waals surface area contributed by atoms with Gasteiger partial charge in [0.15, 0.2) is 0 Å². The van der Waals surface area contributed by atoms with Crippen molar-refractivity contribution >= 4 is 40.9 Å². The minimum Gasteiger partial charge on any atom is -0.480 e. The zero-order valence-corrected chi connectivity index (χ0v) is 23.2. The van der Waals surface area contributed by atoms with Crippen molar-refractivity contribution in [1.82, 2.24) is 9.88 Å². The highest BCUT2D eigenvalue weighted by atomic mass is 32.2. The average molecular weight is 541 g/mol. The number of thiazole rings is 1. The highest BCUT2D eigenvalue weighted by Crippen LogP contribution is 2.68. The number of H-pyrrole nitrogens is 1. The molecule has 6 rings (SSSR count). The summed E-state index contributed by atoms with van der Waals surface area (Å²) in [5.41, 5.74) is 2.38. The smallest absolute Gasteiger partial charge is 0.327 e. The molecule has 1 saturated heterocycles. The summed E-state index contributed by atoms with van der Waals surface area (Å²) in [6.07, 6.45) is 0.790. The summed E-state index contributed by atoms with van der Waals surface area (Å²) >= 11 is 2.90. The Morgan fingerprint density at radius 1 is 1.05 bits per heavy atom. The summed E-state index contributed by atoms with van der Waals surface area (Å²) in [7, 11) is 0. The largest absolute Gasteiger partial charge is 0.480 e. The van der Waals surface area contributed by atoms with Crippen molar-refractivity contribution in [3.63, 3.8) is 0 Å². The van der Waals surface area contributed by atoms with Gasteiger partial charge in [0, 0.05) is 16.0 Å². The van der Waals surface area contributed by atoms with Crippen molar-refractivity contribution in [2.45, 2.75) is 68.7 Å². The molecule has 9 heteroatoms. The zero-order chi connectivity index (χ0) is 26.5. The second-order valence-corrected chi connectivity index (χ2v) is 14.6. The third-order valence-electron chi connectivity index (χ3n) is 9.06. The van der Waals surface area contributed by atoms with Crippen LogP contribution < -0.4 is 4.87 Å². The minimum absolute atomic E-state index is 0.0130. The van der Waals surface area contributed by atoms with Gasteiger partial charge in [-0.2, -0.15) is 0 Å². The lowest BCUT2D eigenvalue weighted by Crippen LogP contribution is -2.49. The molecule has 8 atom stereocenters. The SMILES string of the molecule is CC(C)[C@@H](C(=O)O)N1C(=O)[C@H]2[C@@H]3C[C@@H]([C@@H]2C1=O)[C@H]1[C@H](c2ccc(C(C)(C)C)cc2)c2sc(=O)[nH]c2S[C@H]31. The number of carboxylic acid groups (broad SMARTS) is 1. The highest BCUT2D eigenvalue weighted by Gasteiger charge is 2.70. The molecule has 2 N–H and O–H groups in total. The normalized spacial score (nSPS) is 33.0. The molecule has 3 heterocycles. The molecular formula is C28H32N2O5S2. The van der Waals surface area contributed by atoms with Crippen LogP contribution in [0.5, 0.6) is 0 Å². The van der Waals surface area contributed by atoms with E-state index in [1.165, 1.54) is 16.9 Å². The fourth-order valence-electron chi connectivity index (χ4n) is 7.57. The van der Waals surface area contributed by atoms with Gasteiger partial charge in [0.2, 0.25) is 11.8 Å². The second-order valence-electron chi connectivity index (χ2n) is 12.4. The molecule has 0 spiro atoms. The number of rotatable bonds is 4. The lowest BCUT2D eigenvalue weighted by Gasteiger charge is -2.43. The number of hydrogen-bond acceptors (Lipinski definition) is 6. The van der Waals surface area contributed by atoms with Crippen molar-refractivity contribution in [3.05, 3.63) is 49.9 Å². The summed E-state index contributed by atoms with van der Waals surface area (Å²) in [5, 5.41) is 10.8. The van der Waals surface area contributed by atoms with E-state index in [2.05, 4.69) is 50.0 Å². The van der Waals surface area contributed by atoms with E-state index >= 15 is 0 Å². The summed E-state index contributed by atoms with van der Waals surface area (Å²) in [6.45, 7) is 10.0. The Labute approximate surface area is 224 Å². The van der Waals surface area contributed by atoms with Crippen molar-refractivity contribution in [1.29, 1.82) is 0 Å². The molecular weight excluding hydrogens is 508 g/mol. The number of thioether (sulfide) groups is 1. The molecule has 1 aromatic heterocycles. The number of imide groups is 1. The number of nitrogens with one attached hydrogen (secondary N) is 1. The van der Waals surface area contributed by atoms with Gasteiger partial charge in [0.25, 0.3) is 0 Å². The molecule has 2 saturated carbocycles. The number of carboxylic acids is 1. The summed E-state index contributed by atoms with van der Waals surface area (Å²) in [4.78, 5) is 56.9.